The Morgan fingerprint density at radius 3 is 2.71 bits per heavy atom. The van der Waals surface area contributed by atoms with Crippen LogP contribution in [0.1, 0.15) is 27.7 Å². The number of aromatic nitrogens is 2. The Morgan fingerprint density at radius 1 is 1.59 bits per heavy atom. The van der Waals surface area contributed by atoms with Crippen molar-refractivity contribution >= 4 is 17.3 Å². The van der Waals surface area contributed by atoms with Gasteiger partial charge in [-0.25, -0.2) is 23.5 Å². The first kappa shape index (κ1) is 11.6. The van der Waals surface area contributed by atoms with Crippen LogP contribution in [0.3, 0.4) is 0 Å². The minimum atomic E-state index is -2.99. The summed E-state index contributed by atoms with van der Waals surface area (Å²) < 4.78 is 29.9. The first-order valence-corrected chi connectivity index (χ1v) is 5.25. The van der Waals surface area contributed by atoms with Gasteiger partial charge < -0.3 is 9.52 Å². The number of alkyl halides is 2. The number of carboxylic acid groups (broad SMARTS) is 1. The fourth-order valence-electron chi connectivity index (χ4n) is 1.20. The maximum absolute atomic E-state index is 12.5. The van der Waals surface area contributed by atoms with Gasteiger partial charge in [-0.05, 0) is 6.92 Å². The second-order valence-corrected chi connectivity index (χ2v) is 4.32. The van der Waals surface area contributed by atoms with Crippen molar-refractivity contribution in [2.75, 3.05) is 0 Å². The van der Waals surface area contributed by atoms with Crippen molar-refractivity contribution in [2.45, 2.75) is 13.3 Å². The van der Waals surface area contributed by atoms with Gasteiger partial charge in [0.2, 0.25) is 11.7 Å². The highest BCUT2D eigenvalue weighted by Gasteiger charge is 2.27. The summed E-state index contributed by atoms with van der Waals surface area (Å²) in [6.45, 7) is 1.73. The van der Waals surface area contributed by atoms with Gasteiger partial charge in [-0.15, -0.1) is 11.3 Å². The van der Waals surface area contributed by atoms with E-state index < -0.39 is 23.8 Å². The van der Waals surface area contributed by atoms with Gasteiger partial charge in [0.25, 0.3) is 6.43 Å². The minimum Gasteiger partial charge on any atom is -0.475 e. The molecule has 0 saturated carbocycles. The zero-order valence-electron chi connectivity index (χ0n) is 8.48. The van der Waals surface area contributed by atoms with Crippen molar-refractivity contribution in [3.63, 3.8) is 0 Å². The number of aryl methyl sites for hydroxylation is 1. The number of carbonyl (C=O) groups is 1. The zero-order chi connectivity index (χ0) is 12.6. The summed E-state index contributed by atoms with van der Waals surface area (Å²) >= 11 is 1.18. The Kier molecular flexibility index (Phi) is 2.88. The first-order chi connectivity index (χ1) is 7.99. The number of nitrogens with zero attached hydrogens (tertiary/aromatic N) is 2. The maximum Gasteiger partial charge on any atom is 0.374 e. The van der Waals surface area contributed by atoms with Crippen molar-refractivity contribution in [1.29, 1.82) is 0 Å². The fourth-order valence-corrected chi connectivity index (χ4v) is 1.90. The molecule has 90 valence electrons. The number of hydrogen-bond acceptors (Lipinski definition) is 5. The van der Waals surface area contributed by atoms with Crippen LogP contribution in [0.15, 0.2) is 10.6 Å². The van der Waals surface area contributed by atoms with Gasteiger partial charge in [0.05, 0.1) is 11.2 Å². The van der Waals surface area contributed by atoms with Crippen LogP contribution in [0, 0.1) is 6.92 Å². The molecule has 8 heteroatoms. The van der Waals surface area contributed by atoms with E-state index in [2.05, 4.69) is 9.97 Å². The van der Waals surface area contributed by atoms with E-state index in [9.17, 15) is 13.6 Å². The molecule has 0 saturated heterocycles. The Balaban J connectivity index is 2.50. The topological polar surface area (TPSA) is 76.2 Å². The quantitative estimate of drug-likeness (QED) is 0.918. The number of hydrogen-bond donors (Lipinski definition) is 1. The maximum atomic E-state index is 12.5. The van der Waals surface area contributed by atoms with Crippen LogP contribution in [0.2, 0.25) is 0 Å². The third kappa shape index (κ3) is 2.16. The van der Waals surface area contributed by atoms with E-state index >= 15 is 0 Å². The molecule has 0 amide bonds. The molecule has 2 aromatic heterocycles. The summed E-state index contributed by atoms with van der Waals surface area (Å²) in [6.07, 6.45) is -1.60. The number of carboxylic acids is 1. The second kappa shape index (κ2) is 4.21. The Morgan fingerprint density at radius 2 is 2.29 bits per heavy atom. The van der Waals surface area contributed by atoms with Crippen LogP contribution in [-0.4, -0.2) is 21.0 Å². The predicted octanol–water partition coefficient (Wildman–Crippen LogP) is 2.74. The Labute approximate surface area is 97.7 Å². The van der Waals surface area contributed by atoms with Crippen LogP contribution in [0.4, 0.5) is 8.78 Å². The minimum absolute atomic E-state index is 0.150. The third-order valence-electron chi connectivity index (χ3n) is 1.89. The number of oxazole rings is 1. The second-order valence-electron chi connectivity index (χ2n) is 3.08. The number of halogens is 2. The molecular formula is C9H6F2N2O3S. The molecule has 2 rings (SSSR count). The molecule has 0 aliphatic heterocycles. The van der Waals surface area contributed by atoms with Crippen LogP contribution < -0.4 is 0 Å². The molecule has 0 fully saturated rings. The first-order valence-electron chi connectivity index (χ1n) is 4.44. The Hall–Kier alpha value is -1.83. The highest BCUT2D eigenvalue weighted by Crippen LogP contribution is 2.30. The molecule has 1 N–H and O–H groups in total. The molecule has 0 aromatic carbocycles. The third-order valence-corrected chi connectivity index (χ3v) is 2.79. The van der Waals surface area contributed by atoms with E-state index in [0.29, 0.717) is 9.88 Å². The lowest BCUT2D eigenvalue weighted by atomic mass is 10.3. The summed E-state index contributed by atoms with van der Waals surface area (Å²) in [5.74, 6) is -2.55. The molecule has 0 aliphatic carbocycles. The summed E-state index contributed by atoms with van der Waals surface area (Å²) in [7, 11) is 0. The molecule has 0 aliphatic rings. The summed E-state index contributed by atoms with van der Waals surface area (Å²) in [5.41, 5.74) is -0.862. The van der Waals surface area contributed by atoms with E-state index in [1.165, 1.54) is 17.5 Å². The molecule has 17 heavy (non-hydrogen) atoms. The van der Waals surface area contributed by atoms with E-state index in [4.69, 9.17) is 9.52 Å². The highest BCUT2D eigenvalue weighted by molar-refractivity contribution is 7.14. The van der Waals surface area contributed by atoms with Gasteiger partial charge in [-0.2, -0.15) is 0 Å². The molecule has 2 aromatic rings. The molecule has 0 unspecified atom stereocenters. The summed E-state index contributed by atoms with van der Waals surface area (Å²) in [4.78, 5) is 18.5. The molecule has 0 atom stereocenters. The number of aromatic carboxylic acids is 1. The predicted molar refractivity (Wildman–Crippen MR) is 54.3 cm³/mol. The lowest BCUT2D eigenvalue weighted by Gasteiger charge is -1.91. The normalized spacial score (nSPS) is 11.1. The van der Waals surface area contributed by atoms with Gasteiger partial charge in [-0.1, -0.05) is 0 Å². The molecule has 0 spiro atoms. The van der Waals surface area contributed by atoms with Gasteiger partial charge in [-0.3, -0.25) is 0 Å². The molecule has 2 heterocycles. The van der Waals surface area contributed by atoms with Gasteiger partial charge in [0, 0.05) is 0 Å². The molecule has 0 radical (unpaired) electrons. The van der Waals surface area contributed by atoms with Crippen LogP contribution in [-0.2, 0) is 0 Å². The van der Waals surface area contributed by atoms with Crippen LogP contribution >= 0.6 is 11.3 Å². The average Bonchev–Trinajstić information content (AvgIpc) is 2.82. The summed E-state index contributed by atoms with van der Waals surface area (Å²) in [6, 6.07) is 0. The van der Waals surface area contributed by atoms with E-state index in [-0.39, 0.29) is 5.89 Å². The summed E-state index contributed by atoms with van der Waals surface area (Å²) in [5, 5.41) is 9.40. The molecular weight excluding hydrogens is 254 g/mol. The lowest BCUT2D eigenvalue weighted by molar-refractivity contribution is 0.0647. The van der Waals surface area contributed by atoms with Crippen molar-refractivity contribution in [3.8, 4) is 10.8 Å². The lowest BCUT2D eigenvalue weighted by Crippen LogP contribution is -1.99. The van der Waals surface area contributed by atoms with Crippen molar-refractivity contribution in [2.24, 2.45) is 0 Å². The largest absolute Gasteiger partial charge is 0.475 e. The molecule has 0 bridgehead atoms. The standard InChI is InChI=1S/C9H6F2N2O3S/c1-3-12-2-4(17-3)8-13-5(7(10)11)6(16-8)9(14)15/h2,7H,1H3,(H,14,15). The van der Waals surface area contributed by atoms with Crippen molar-refractivity contribution in [1.82, 2.24) is 9.97 Å². The smallest absolute Gasteiger partial charge is 0.374 e. The van der Waals surface area contributed by atoms with E-state index in [1.54, 1.807) is 6.92 Å². The van der Waals surface area contributed by atoms with Gasteiger partial charge in [0.15, 0.2) is 5.69 Å². The van der Waals surface area contributed by atoms with Gasteiger partial charge in [0.1, 0.15) is 4.88 Å². The SMILES string of the molecule is Cc1ncc(-c2nc(C(F)F)c(C(=O)O)o2)s1. The Bertz CT molecular complexity index is 564. The average molecular weight is 260 g/mol. The van der Waals surface area contributed by atoms with Crippen molar-refractivity contribution in [3.05, 3.63) is 22.7 Å². The monoisotopic (exact) mass is 260 g/mol. The zero-order valence-corrected chi connectivity index (χ0v) is 9.29. The van der Waals surface area contributed by atoms with Crippen LogP contribution in [0.25, 0.3) is 10.8 Å². The molecule has 5 nitrogen and oxygen atoms in total. The highest BCUT2D eigenvalue weighted by atomic mass is 32.1. The van der Waals surface area contributed by atoms with Crippen molar-refractivity contribution < 1.29 is 23.1 Å². The number of thiazole rings is 1. The fraction of sp³-hybridized carbons (Fsp3) is 0.222. The van der Waals surface area contributed by atoms with E-state index in [0.717, 1.165) is 0 Å². The van der Waals surface area contributed by atoms with Crippen LogP contribution in [0.5, 0.6) is 0 Å². The van der Waals surface area contributed by atoms with E-state index in [1.807, 2.05) is 0 Å². The number of rotatable bonds is 3. The van der Waals surface area contributed by atoms with Gasteiger partial charge >= 0.3 is 5.97 Å².